The number of fused-ring (bicyclic) bond motifs is 1. The summed E-state index contributed by atoms with van der Waals surface area (Å²) in [7, 11) is 1.28. The Hall–Kier alpha value is -3.27. The molecule has 0 atom stereocenters. The Bertz CT molecular complexity index is 982. The molecule has 2 aromatic rings. The third-order valence-electron chi connectivity index (χ3n) is 5.20. The van der Waals surface area contributed by atoms with E-state index in [1.165, 1.54) is 7.11 Å². The molecule has 7 nitrogen and oxygen atoms in total. The van der Waals surface area contributed by atoms with Crippen LogP contribution in [0.3, 0.4) is 0 Å². The Balaban J connectivity index is 1.78. The number of carbonyl (C=O) groups is 2. The Labute approximate surface area is 156 Å². The van der Waals surface area contributed by atoms with Crippen molar-refractivity contribution in [3.8, 4) is 11.8 Å². The molecule has 0 radical (unpaired) electrons. The molecule has 0 bridgehead atoms. The smallest absolute Gasteiger partial charge is 0.357 e. The molecule has 27 heavy (non-hydrogen) atoms. The number of amides is 1. The molecular weight excluding hydrogens is 344 g/mol. The number of nitriles is 1. The Kier molecular flexibility index (Phi) is 4.11. The van der Waals surface area contributed by atoms with Crippen LogP contribution in [0, 0.1) is 17.2 Å². The lowest BCUT2D eigenvalue weighted by Gasteiger charge is -2.30. The molecule has 0 spiro atoms. The maximum atomic E-state index is 12.6. The van der Waals surface area contributed by atoms with Crippen molar-refractivity contribution in [2.75, 3.05) is 24.3 Å². The summed E-state index contributed by atoms with van der Waals surface area (Å²) in [5.74, 6) is -0.225. The van der Waals surface area contributed by atoms with Gasteiger partial charge < -0.3 is 19.9 Å². The van der Waals surface area contributed by atoms with Gasteiger partial charge in [0.05, 0.1) is 18.4 Å². The number of anilines is 2. The summed E-state index contributed by atoms with van der Waals surface area (Å²) in [6.07, 6.45) is 5.25. The number of hydrogen-bond donors (Lipinski definition) is 1. The van der Waals surface area contributed by atoms with Gasteiger partial charge in [0.25, 0.3) is 0 Å². The number of nitrogen functional groups attached to an aromatic ring is 1. The first-order valence-electron chi connectivity index (χ1n) is 8.99. The maximum absolute atomic E-state index is 12.6. The van der Waals surface area contributed by atoms with Crippen LogP contribution < -0.4 is 10.6 Å². The quantitative estimate of drug-likeness (QED) is 0.843. The second-order valence-electron chi connectivity index (χ2n) is 6.96. The topological polar surface area (TPSA) is 101 Å². The van der Waals surface area contributed by atoms with E-state index in [1.807, 2.05) is 29.2 Å². The summed E-state index contributed by atoms with van der Waals surface area (Å²) >= 11 is 0. The van der Waals surface area contributed by atoms with E-state index in [1.54, 1.807) is 10.8 Å². The average Bonchev–Trinajstić information content (AvgIpc) is 3.49. The zero-order chi connectivity index (χ0) is 19.1. The van der Waals surface area contributed by atoms with Crippen LogP contribution in [-0.4, -0.2) is 30.1 Å². The molecular formula is C20H20N4O3. The van der Waals surface area contributed by atoms with Gasteiger partial charge in [0, 0.05) is 30.0 Å². The highest BCUT2D eigenvalue weighted by molar-refractivity contribution is 5.98. The molecule has 2 N–H and O–H groups in total. The van der Waals surface area contributed by atoms with Gasteiger partial charge in [-0.3, -0.25) is 4.79 Å². The summed E-state index contributed by atoms with van der Waals surface area (Å²) in [4.78, 5) is 26.6. The van der Waals surface area contributed by atoms with Crippen LogP contribution in [0.4, 0.5) is 11.4 Å². The highest BCUT2D eigenvalue weighted by Gasteiger charge is 2.35. The third kappa shape index (κ3) is 2.83. The van der Waals surface area contributed by atoms with Gasteiger partial charge >= 0.3 is 5.97 Å². The van der Waals surface area contributed by atoms with Crippen LogP contribution in [0.5, 0.6) is 0 Å². The number of nitrogens with two attached hydrogens (primary N) is 1. The van der Waals surface area contributed by atoms with Crippen LogP contribution in [0.25, 0.3) is 5.69 Å². The first kappa shape index (κ1) is 17.2. The van der Waals surface area contributed by atoms with Crippen LogP contribution in [0.15, 0.2) is 24.4 Å². The number of ether oxygens (including phenoxy) is 1. The lowest BCUT2D eigenvalue weighted by atomic mass is 10.00. The fourth-order valence-electron chi connectivity index (χ4n) is 3.63. The minimum absolute atomic E-state index is 0.104. The number of nitrogens with zero attached hydrogens (tertiary/aromatic N) is 3. The summed E-state index contributed by atoms with van der Waals surface area (Å²) in [5, 5.41) is 9.26. The van der Waals surface area contributed by atoms with Crippen molar-refractivity contribution in [3.63, 3.8) is 0 Å². The number of hydrogen-bond acceptors (Lipinski definition) is 5. The van der Waals surface area contributed by atoms with Gasteiger partial charge in [-0.1, -0.05) is 0 Å². The van der Waals surface area contributed by atoms with Gasteiger partial charge in [-0.05, 0) is 49.4 Å². The van der Waals surface area contributed by atoms with Gasteiger partial charge in [-0.2, -0.15) is 5.26 Å². The van der Waals surface area contributed by atoms with Gasteiger partial charge in [-0.25, -0.2) is 4.79 Å². The predicted molar refractivity (Wildman–Crippen MR) is 99.6 cm³/mol. The van der Waals surface area contributed by atoms with Crippen molar-refractivity contribution < 1.29 is 14.3 Å². The third-order valence-corrected chi connectivity index (χ3v) is 5.20. The standard InChI is InChI=1S/C20H20N4O3/c1-27-20(26)18-17(22)14(10-21)11-24(18)15-6-7-16-13(9-15)3-2-8-23(16)19(25)12-4-5-12/h6-7,9,11-12H,2-5,8,22H2,1H3. The molecule has 0 saturated heterocycles. The summed E-state index contributed by atoms with van der Waals surface area (Å²) in [6.45, 7) is 0.740. The van der Waals surface area contributed by atoms with Gasteiger partial charge in [0.1, 0.15) is 6.07 Å². The molecule has 1 aliphatic carbocycles. The largest absolute Gasteiger partial charge is 0.464 e. The zero-order valence-electron chi connectivity index (χ0n) is 15.1. The summed E-state index contributed by atoms with van der Waals surface area (Å²) in [5.41, 5.74) is 9.13. The summed E-state index contributed by atoms with van der Waals surface area (Å²) < 4.78 is 6.41. The maximum Gasteiger partial charge on any atom is 0.357 e. The van der Waals surface area contributed by atoms with E-state index in [-0.39, 0.29) is 28.8 Å². The monoisotopic (exact) mass is 364 g/mol. The van der Waals surface area contributed by atoms with Crippen LogP contribution >= 0.6 is 0 Å². The number of aromatic nitrogens is 1. The van der Waals surface area contributed by atoms with Crippen molar-refractivity contribution in [2.24, 2.45) is 5.92 Å². The molecule has 1 amide bonds. The fraction of sp³-hybridized carbons (Fsp3) is 0.350. The second-order valence-corrected chi connectivity index (χ2v) is 6.96. The zero-order valence-corrected chi connectivity index (χ0v) is 15.1. The van der Waals surface area contributed by atoms with Gasteiger partial charge in [0.2, 0.25) is 5.91 Å². The number of rotatable bonds is 3. The lowest BCUT2D eigenvalue weighted by molar-refractivity contribution is -0.119. The molecule has 2 heterocycles. The molecule has 4 rings (SSSR count). The molecule has 2 aliphatic rings. The van der Waals surface area contributed by atoms with Crippen molar-refractivity contribution in [3.05, 3.63) is 41.2 Å². The molecule has 138 valence electrons. The Morgan fingerprint density at radius 3 is 2.78 bits per heavy atom. The van der Waals surface area contributed by atoms with Crippen LogP contribution in [-0.2, 0) is 16.0 Å². The second kappa shape index (κ2) is 6.47. The van der Waals surface area contributed by atoms with Crippen LogP contribution in [0.1, 0.15) is 40.9 Å². The SMILES string of the molecule is COC(=O)c1c(N)c(C#N)cn1-c1ccc2c(c1)CCCN2C(=O)C1CC1. The predicted octanol–water partition coefficient (Wildman–Crippen LogP) is 2.41. The normalized spacial score (nSPS) is 15.8. The number of esters is 1. The van der Waals surface area contributed by atoms with E-state index < -0.39 is 5.97 Å². The molecule has 0 unspecified atom stereocenters. The van der Waals surface area contributed by atoms with Crippen LogP contribution in [0.2, 0.25) is 0 Å². The van der Waals surface area contributed by atoms with Crippen molar-refractivity contribution in [1.82, 2.24) is 4.57 Å². The Morgan fingerprint density at radius 1 is 1.33 bits per heavy atom. The van der Waals surface area contributed by atoms with E-state index >= 15 is 0 Å². The number of benzene rings is 1. The summed E-state index contributed by atoms with van der Waals surface area (Å²) in [6, 6.07) is 7.70. The van der Waals surface area contributed by atoms with Crippen molar-refractivity contribution in [1.29, 1.82) is 5.26 Å². The average molecular weight is 364 g/mol. The molecule has 1 aromatic heterocycles. The highest BCUT2D eigenvalue weighted by Crippen LogP contribution is 2.37. The first-order chi connectivity index (χ1) is 13.0. The minimum atomic E-state index is -0.600. The minimum Gasteiger partial charge on any atom is -0.464 e. The molecule has 1 aromatic carbocycles. The van der Waals surface area contributed by atoms with E-state index in [4.69, 9.17) is 10.5 Å². The van der Waals surface area contributed by atoms with Crippen molar-refractivity contribution in [2.45, 2.75) is 25.7 Å². The number of methoxy groups -OCH3 is 1. The Morgan fingerprint density at radius 2 is 2.11 bits per heavy atom. The van der Waals surface area contributed by atoms with E-state index in [0.717, 1.165) is 43.5 Å². The molecule has 1 saturated carbocycles. The molecule has 7 heteroatoms. The van der Waals surface area contributed by atoms with E-state index in [9.17, 15) is 14.9 Å². The van der Waals surface area contributed by atoms with E-state index in [2.05, 4.69) is 0 Å². The number of carbonyl (C=O) groups excluding carboxylic acids is 2. The van der Waals surface area contributed by atoms with Gasteiger partial charge in [-0.15, -0.1) is 0 Å². The molecule has 1 aliphatic heterocycles. The first-order valence-corrected chi connectivity index (χ1v) is 8.99. The van der Waals surface area contributed by atoms with E-state index in [0.29, 0.717) is 5.69 Å². The van der Waals surface area contributed by atoms with Crippen molar-refractivity contribution >= 4 is 23.3 Å². The number of aryl methyl sites for hydroxylation is 1. The molecule has 1 fully saturated rings. The fourth-order valence-corrected chi connectivity index (χ4v) is 3.63. The van der Waals surface area contributed by atoms with Gasteiger partial charge in [0.15, 0.2) is 5.69 Å². The highest BCUT2D eigenvalue weighted by atomic mass is 16.5. The lowest BCUT2D eigenvalue weighted by Crippen LogP contribution is -2.36.